The molecule has 1 N–H and O–H groups in total. The zero-order valence-electron chi connectivity index (χ0n) is 11.7. The van der Waals surface area contributed by atoms with Gasteiger partial charge in [-0.05, 0) is 30.7 Å². The second kappa shape index (κ2) is 6.48. The Labute approximate surface area is 123 Å². The Balaban J connectivity index is 2.16. The van der Waals surface area contributed by atoms with Crippen LogP contribution in [-0.4, -0.2) is 19.2 Å². The van der Waals surface area contributed by atoms with Gasteiger partial charge in [-0.25, -0.2) is 4.98 Å². The van der Waals surface area contributed by atoms with Crippen LogP contribution in [0.4, 0.5) is 5.69 Å². The molecule has 0 aliphatic carbocycles. The fraction of sp³-hybridized carbons (Fsp3) is 0.267. The summed E-state index contributed by atoms with van der Waals surface area (Å²) in [6.07, 6.45) is 1.74. The van der Waals surface area contributed by atoms with Gasteiger partial charge in [0.25, 0.3) is 0 Å². The molecule has 0 fully saturated rings. The van der Waals surface area contributed by atoms with E-state index in [0.717, 1.165) is 28.3 Å². The number of halogens is 1. The second-order valence-corrected chi connectivity index (χ2v) is 4.74. The minimum atomic E-state index is 0.461. The van der Waals surface area contributed by atoms with E-state index in [1.54, 1.807) is 20.4 Å². The summed E-state index contributed by atoms with van der Waals surface area (Å²) in [5.41, 5.74) is 2.88. The van der Waals surface area contributed by atoms with Crippen molar-refractivity contribution in [2.24, 2.45) is 0 Å². The van der Waals surface area contributed by atoms with Crippen LogP contribution < -0.4 is 14.8 Å². The molecule has 0 atom stereocenters. The number of rotatable bonds is 5. The molecular formula is C15H17ClN2O2. The molecule has 2 rings (SSSR count). The van der Waals surface area contributed by atoms with Crippen molar-refractivity contribution in [2.75, 3.05) is 19.5 Å². The highest BCUT2D eigenvalue weighted by atomic mass is 35.5. The molecule has 0 spiro atoms. The largest absolute Gasteiger partial charge is 0.497 e. The van der Waals surface area contributed by atoms with Gasteiger partial charge in [0.1, 0.15) is 11.5 Å². The summed E-state index contributed by atoms with van der Waals surface area (Å²) in [7, 11) is 3.27. The maximum atomic E-state index is 6.06. The fourth-order valence-electron chi connectivity index (χ4n) is 1.86. The normalized spacial score (nSPS) is 10.2. The fourth-order valence-corrected chi connectivity index (χ4v) is 2.04. The van der Waals surface area contributed by atoms with Gasteiger partial charge in [-0.2, -0.15) is 0 Å². The van der Waals surface area contributed by atoms with Gasteiger partial charge in [0.2, 0.25) is 0 Å². The van der Waals surface area contributed by atoms with Gasteiger partial charge < -0.3 is 14.8 Å². The number of methoxy groups -OCH3 is 2. The molecule has 0 amide bonds. The summed E-state index contributed by atoms with van der Waals surface area (Å²) in [6.45, 7) is 2.57. The lowest BCUT2D eigenvalue weighted by Crippen LogP contribution is -2.03. The highest BCUT2D eigenvalue weighted by Gasteiger charge is 2.07. The van der Waals surface area contributed by atoms with Crippen molar-refractivity contribution in [2.45, 2.75) is 13.5 Å². The molecule has 0 aliphatic heterocycles. The van der Waals surface area contributed by atoms with Crippen LogP contribution in [0.25, 0.3) is 0 Å². The van der Waals surface area contributed by atoms with Gasteiger partial charge in [-0.15, -0.1) is 0 Å². The number of hydrogen-bond donors (Lipinski definition) is 1. The zero-order chi connectivity index (χ0) is 14.5. The quantitative estimate of drug-likeness (QED) is 0.854. The van der Waals surface area contributed by atoms with Crippen molar-refractivity contribution in [3.8, 4) is 11.5 Å². The Hall–Kier alpha value is -1.94. The van der Waals surface area contributed by atoms with Gasteiger partial charge in [0.05, 0.1) is 19.9 Å². The number of aromatic nitrogens is 1. The van der Waals surface area contributed by atoms with Gasteiger partial charge in [-0.1, -0.05) is 11.6 Å². The van der Waals surface area contributed by atoms with Gasteiger partial charge in [0.15, 0.2) is 5.15 Å². The summed E-state index contributed by atoms with van der Waals surface area (Å²) in [6, 6.07) is 7.68. The molecule has 106 valence electrons. The van der Waals surface area contributed by atoms with Crippen molar-refractivity contribution in [3.05, 3.63) is 46.7 Å². The van der Waals surface area contributed by atoms with Crippen LogP contribution in [0.1, 0.15) is 11.1 Å². The minimum Gasteiger partial charge on any atom is -0.497 e. The average molecular weight is 293 g/mol. The molecule has 0 bridgehead atoms. The van der Waals surface area contributed by atoms with Crippen molar-refractivity contribution < 1.29 is 9.47 Å². The lowest BCUT2D eigenvalue weighted by atomic mass is 10.2. The molecule has 4 nitrogen and oxygen atoms in total. The monoisotopic (exact) mass is 292 g/mol. The van der Waals surface area contributed by atoms with Crippen LogP contribution in [0, 0.1) is 6.92 Å². The first kappa shape index (κ1) is 14.5. The van der Waals surface area contributed by atoms with E-state index in [-0.39, 0.29) is 0 Å². The number of nitrogens with zero attached hydrogens (tertiary/aromatic N) is 1. The summed E-state index contributed by atoms with van der Waals surface area (Å²) in [5.74, 6) is 1.54. The third-order valence-electron chi connectivity index (χ3n) is 2.94. The number of ether oxygens (including phenoxy) is 2. The molecule has 1 heterocycles. The molecule has 5 heteroatoms. The van der Waals surface area contributed by atoms with Crippen molar-refractivity contribution in [3.63, 3.8) is 0 Å². The number of aryl methyl sites for hydroxylation is 1. The van der Waals surface area contributed by atoms with Gasteiger partial charge >= 0.3 is 0 Å². The number of pyridine rings is 1. The van der Waals surface area contributed by atoms with E-state index in [1.165, 1.54) is 0 Å². The van der Waals surface area contributed by atoms with E-state index in [0.29, 0.717) is 11.7 Å². The average Bonchev–Trinajstić information content (AvgIpc) is 2.48. The van der Waals surface area contributed by atoms with E-state index < -0.39 is 0 Å². The van der Waals surface area contributed by atoms with E-state index in [4.69, 9.17) is 21.1 Å². The van der Waals surface area contributed by atoms with E-state index in [9.17, 15) is 0 Å². The molecule has 1 aromatic carbocycles. The molecular weight excluding hydrogens is 276 g/mol. The first-order chi connectivity index (χ1) is 9.63. The number of benzene rings is 1. The Kier molecular flexibility index (Phi) is 4.69. The topological polar surface area (TPSA) is 43.4 Å². The van der Waals surface area contributed by atoms with Crippen LogP contribution in [0.5, 0.6) is 11.5 Å². The van der Waals surface area contributed by atoms with E-state index in [2.05, 4.69) is 10.3 Å². The lowest BCUT2D eigenvalue weighted by molar-refractivity contribution is 0.391. The third-order valence-corrected chi connectivity index (χ3v) is 3.24. The molecule has 0 saturated carbocycles. The number of hydrogen-bond acceptors (Lipinski definition) is 4. The minimum absolute atomic E-state index is 0.461. The summed E-state index contributed by atoms with van der Waals surface area (Å²) >= 11 is 6.06. The Morgan fingerprint density at radius 2 is 2.00 bits per heavy atom. The second-order valence-electron chi connectivity index (χ2n) is 4.38. The zero-order valence-corrected chi connectivity index (χ0v) is 12.5. The van der Waals surface area contributed by atoms with E-state index in [1.807, 2.05) is 31.2 Å². The highest BCUT2D eigenvalue weighted by molar-refractivity contribution is 6.31. The van der Waals surface area contributed by atoms with Crippen LogP contribution in [0.3, 0.4) is 0 Å². The Morgan fingerprint density at radius 3 is 2.70 bits per heavy atom. The molecule has 0 saturated heterocycles. The molecule has 0 unspecified atom stereocenters. The number of nitrogens with one attached hydrogen (secondary N) is 1. The van der Waals surface area contributed by atoms with Gasteiger partial charge in [0, 0.05) is 24.4 Å². The SMILES string of the molecule is COc1ccc(CNc2cc(C)cnc2Cl)c(OC)c1. The highest BCUT2D eigenvalue weighted by Crippen LogP contribution is 2.26. The molecule has 2 aromatic rings. The molecule has 1 aromatic heterocycles. The van der Waals surface area contributed by atoms with Crippen LogP contribution in [-0.2, 0) is 6.54 Å². The third kappa shape index (κ3) is 3.33. The maximum Gasteiger partial charge on any atom is 0.152 e. The van der Waals surface area contributed by atoms with Gasteiger partial charge in [-0.3, -0.25) is 0 Å². The van der Waals surface area contributed by atoms with Crippen molar-refractivity contribution in [1.29, 1.82) is 0 Å². The molecule has 0 aliphatic rings. The van der Waals surface area contributed by atoms with Crippen LogP contribution >= 0.6 is 11.6 Å². The lowest BCUT2D eigenvalue weighted by Gasteiger charge is -2.13. The molecule has 0 radical (unpaired) electrons. The van der Waals surface area contributed by atoms with E-state index >= 15 is 0 Å². The standard InChI is InChI=1S/C15H17ClN2O2/c1-10-6-13(15(16)18-8-10)17-9-11-4-5-12(19-2)7-14(11)20-3/h4-8,17H,9H2,1-3H3. The van der Waals surface area contributed by atoms with Crippen molar-refractivity contribution >= 4 is 17.3 Å². The smallest absolute Gasteiger partial charge is 0.152 e. The Morgan fingerprint density at radius 1 is 1.20 bits per heavy atom. The first-order valence-electron chi connectivity index (χ1n) is 6.21. The predicted molar refractivity (Wildman–Crippen MR) is 80.9 cm³/mol. The summed E-state index contributed by atoms with van der Waals surface area (Å²) in [5, 5.41) is 3.73. The number of anilines is 1. The van der Waals surface area contributed by atoms with Crippen molar-refractivity contribution in [1.82, 2.24) is 4.98 Å². The Bertz CT molecular complexity index is 602. The maximum absolute atomic E-state index is 6.06. The predicted octanol–water partition coefficient (Wildman–Crippen LogP) is 3.67. The van der Waals surface area contributed by atoms with Crippen LogP contribution in [0.2, 0.25) is 5.15 Å². The first-order valence-corrected chi connectivity index (χ1v) is 6.58. The van der Waals surface area contributed by atoms with Crippen LogP contribution in [0.15, 0.2) is 30.5 Å². The summed E-state index contributed by atoms with van der Waals surface area (Å²) in [4.78, 5) is 4.11. The summed E-state index contributed by atoms with van der Waals surface area (Å²) < 4.78 is 10.5. The molecule has 20 heavy (non-hydrogen) atoms.